The molecule has 2 atom stereocenters. The highest BCUT2D eigenvalue weighted by Gasteiger charge is 2.24. The lowest BCUT2D eigenvalue weighted by Gasteiger charge is -2.36. The van der Waals surface area contributed by atoms with Crippen LogP contribution in [-0.4, -0.2) is 47.3 Å². The fraction of sp³-hybridized carbons (Fsp3) is 0.577. The van der Waals surface area contributed by atoms with Crippen LogP contribution in [0.25, 0.3) is 0 Å². The standard InChI is InChI=1S/C26H37FN6S/c1-19-7-6-15-32(18-19)23-17-24(33-16-4-3-8-20(33)2)30-25(29-23)31-26(34)28-14-5-9-21-10-12-22(27)13-11-21/h10-13,17,19-20H,3-9,14-16,18H2,1-2H3,(H2,28,29,30,31,34). The summed E-state index contributed by atoms with van der Waals surface area (Å²) in [6.07, 6.45) is 7.89. The number of halogens is 1. The molecular weight excluding hydrogens is 447 g/mol. The number of nitrogens with one attached hydrogen (secondary N) is 2. The number of benzene rings is 1. The van der Waals surface area contributed by atoms with E-state index in [9.17, 15) is 4.39 Å². The summed E-state index contributed by atoms with van der Waals surface area (Å²) in [6, 6.07) is 9.29. The first-order chi connectivity index (χ1) is 16.5. The lowest BCUT2D eigenvalue weighted by atomic mass is 10.0. The van der Waals surface area contributed by atoms with Crippen molar-refractivity contribution < 1.29 is 4.39 Å². The molecule has 184 valence electrons. The summed E-state index contributed by atoms with van der Waals surface area (Å²) in [5.74, 6) is 2.99. The number of hydrogen-bond acceptors (Lipinski definition) is 5. The van der Waals surface area contributed by atoms with Crippen LogP contribution in [0.4, 0.5) is 22.0 Å². The van der Waals surface area contributed by atoms with Gasteiger partial charge in [0.1, 0.15) is 17.5 Å². The highest BCUT2D eigenvalue weighted by atomic mass is 32.1. The molecule has 2 aromatic rings. The monoisotopic (exact) mass is 484 g/mol. The van der Waals surface area contributed by atoms with E-state index < -0.39 is 0 Å². The van der Waals surface area contributed by atoms with Crippen LogP contribution in [0.5, 0.6) is 0 Å². The minimum absolute atomic E-state index is 0.202. The Balaban J connectivity index is 1.40. The van der Waals surface area contributed by atoms with Gasteiger partial charge in [-0.05, 0) is 87.7 Å². The Morgan fingerprint density at radius 2 is 1.85 bits per heavy atom. The summed E-state index contributed by atoms with van der Waals surface area (Å²) in [4.78, 5) is 14.5. The maximum absolute atomic E-state index is 13.1. The smallest absolute Gasteiger partial charge is 0.232 e. The third kappa shape index (κ3) is 6.78. The van der Waals surface area contributed by atoms with Gasteiger partial charge in [-0.2, -0.15) is 9.97 Å². The Morgan fingerprint density at radius 1 is 1.06 bits per heavy atom. The van der Waals surface area contributed by atoms with E-state index in [1.165, 1.54) is 44.2 Å². The predicted molar refractivity (Wildman–Crippen MR) is 142 cm³/mol. The van der Waals surface area contributed by atoms with E-state index in [-0.39, 0.29) is 5.82 Å². The maximum atomic E-state index is 13.1. The van der Waals surface area contributed by atoms with Crippen LogP contribution in [0.2, 0.25) is 0 Å². The molecule has 1 aromatic heterocycles. The molecular formula is C26H37FN6S. The Bertz CT molecular complexity index is 953. The first kappa shape index (κ1) is 24.6. The van der Waals surface area contributed by atoms with Crippen LogP contribution in [0.15, 0.2) is 30.3 Å². The Hall–Kier alpha value is -2.48. The number of anilines is 3. The minimum Gasteiger partial charge on any atom is -0.362 e. The van der Waals surface area contributed by atoms with Gasteiger partial charge in [-0.15, -0.1) is 0 Å². The zero-order valence-corrected chi connectivity index (χ0v) is 21.2. The summed E-state index contributed by atoms with van der Waals surface area (Å²) >= 11 is 5.55. The lowest BCUT2D eigenvalue weighted by Crippen LogP contribution is -2.39. The molecule has 2 aliphatic heterocycles. The molecule has 0 aliphatic carbocycles. The van der Waals surface area contributed by atoms with Crippen molar-refractivity contribution in [1.29, 1.82) is 0 Å². The van der Waals surface area contributed by atoms with Gasteiger partial charge in [-0.25, -0.2) is 4.39 Å². The maximum Gasteiger partial charge on any atom is 0.232 e. The number of thiocarbonyl (C=S) groups is 1. The topological polar surface area (TPSA) is 56.3 Å². The van der Waals surface area contributed by atoms with E-state index in [1.54, 1.807) is 0 Å². The fourth-order valence-electron chi connectivity index (χ4n) is 4.91. The van der Waals surface area contributed by atoms with Gasteiger partial charge in [0.05, 0.1) is 0 Å². The average molecular weight is 485 g/mol. The van der Waals surface area contributed by atoms with E-state index >= 15 is 0 Å². The quantitative estimate of drug-likeness (QED) is 0.416. The van der Waals surface area contributed by atoms with E-state index in [1.807, 2.05) is 12.1 Å². The van der Waals surface area contributed by atoms with E-state index in [0.717, 1.165) is 56.2 Å². The van der Waals surface area contributed by atoms with E-state index in [4.69, 9.17) is 22.2 Å². The van der Waals surface area contributed by atoms with E-state index in [2.05, 4.69) is 40.3 Å². The highest BCUT2D eigenvalue weighted by molar-refractivity contribution is 7.80. The molecule has 0 spiro atoms. The summed E-state index contributed by atoms with van der Waals surface area (Å²) in [7, 11) is 0. The first-order valence-electron chi connectivity index (χ1n) is 12.7. The van der Waals surface area contributed by atoms with Gasteiger partial charge in [0.2, 0.25) is 5.95 Å². The second-order valence-corrected chi connectivity index (χ2v) is 10.2. The second kappa shape index (κ2) is 11.8. The van der Waals surface area contributed by atoms with Crippen LogP contribution >= 0.6 is 12.2 Å². The molecule has 3 heterocycles. The van der Waals surface area contributed by atoms with Crippen LogP contribution < -0.4 is 20.4 Å². The van der Waals surface area contributed by atoms with Gasteiger partial charge in [-0.1, -0.05) is 19.1 Å². The summed E-state index contributed by atoms with van der Waals surface area (Å²) in [5, 5.41) is 7.02. The molecule has 0 amide bonds. The van der Waals surface area contributed by atoms with Gasteiger partial charge in [0.25, 0.3) is 0 Å². The van der Waals surface area contributed by atoms with Gasteiger partial charge < -0.3 is 20.4 Å². The molecule has 2 aliphatic rings. The van der Waals surface area contributed by atoms with Crippen LogP contribution in [0, 0.1) is 11.7 Å². The molecule has 0 saturated carbocycles. The van der Waals surface area contributed by atoms with Crippen molar-refractivity contribution >= 4 is 34.9 Å². The number of nitrogens with zero attached hydrogens (tertiary/aromatic N) is 4. The van der Waals surface area contributed by atoms with Crippen molar-refractivity contribution in [2.75, 3.05) is 41.3 Å². The normalized spacial score (nSPS) is 20.8. The molecule has 0 bridgehead atoms. The average Bonchev–Trinajstić information content (AvgIpc) is 2.83. The van der Waals surface area contributed by atoms with Crippen molar-refractivity contribution in [3.8, 4) is 0 Å². The largest absolute Gasteiger partial charge is 0.362 e. The Morgan fingerprint density at radius 3 is 2.62 bits per heavy atom. The minimum atomic E-state index is -0.202. The molecule has 2 fully saturated rings. The summed E-state index contributed by atoms with van der Waals surface area (Å²) in [5.41, 5.74) is 1.12. The molecule has 0 radical (unpaired) electrons. The predicted octanol–water partition coefficient (Wildman–Crippen LogP) is 5.15. The van der Waals surface area contributed by atoms with E-state index in [0.29, 0.717) is 23.0 Å². The fourth-order valence-corrected chi connectivity index (χ4v) is 5.11. The summed E-state index contributed by atoms with van der Waals surface area (Å²) < 4.78 is 13.1. The van der Waals surface area contributed by atoms with Crippen molar-refractivity contribution in [1.82, 2.24) is 15.3 Å². The van der Waals surface area contributed by atoms with Gasteiger partial charge in [0, 0.05) is 38.3 Å². The van der Waals surface area contributed by atoms with Crippen LogP contribution in [-0.2, 0) is 6.42 Å². The summed E-state index contributed by atoms with van der Waals surface area (Å²) in [6.45, 7) is 8.40. The van der Waals surface area contributed by atoms with Crippen molar-refractivity contribution in [3.63, 3.8) is 0 Å². The molecule has 2 N–H and O–H groups in total. The SMILES string of the molecule is CC1CCCN(c2cc(N3CCCCC3C)nc(NC(=S)NCCCc3ccc(F)cc3)n2)C1. The first-order valence-corrected chi connectivity index (χ1v) is 13.1. The van der Waals surface area contributed by atoms with Crippen LogP contribution in [0.3, 0.4) is 0 Å². The zero-order valence-electron chi connectivity index (χ0n) is 20.4. The Kier molecular flexibility index (Phi) is 8.53. The second-order valence-electron chi connectivity index (χ2n) is 9.75. The van der Waals surface area contributed by atoms with Crippen molar-refractivity contribution in [3.05, 3.63) is 41.7 Å². The highest BCUT2D eigenvalue weighted by Crippen LogP contribution is 2.29. The molecule has 6 nitrogen and oxygen atoms in total. The van der Waals surface area contributed by atoms with Gasteiger partial charge in [-0.3, -0.25) is 0 Å². The number of piperidine rings is 2. The Labute approximate surface area is 208 Å². The third-order valence-corrected chi connectivity index (χ3v) is 7.09. The molecule has 8 heteroatoms. The number of aryl methyl sites for hydroxylation is 1. The molecule has 2 saturated heterocycles. The van der Waals surface area contributed by atoms with Crippen molar-refractivity contribution in [2.45, 2.75) is 64.8 Å². The molecule has 2 unspecified atom stereocenters. The zero-order chi connectivity index (χ0) is 23.9. The molecule has 34 heavy (non-hydrogen) atoms. The number of rotatable bonds is 7. The van der Waals surface area contributed by atoms with Gasteiger partial charge >= 0.3 is 0 Å². The molecule has 4 rings (SSSR count). The lowest BCUT2D eigenvalue weighted by molar-refractivity contribution is 0.444. The van der Waals surface area contributed by atoms with Gasteiger partial charge in [0.15, 0.2) is 5.11 Å². The number of hydrogen-bond donors (Lipinski definition) is 2. The van der Waals surface area contributed by atoms with Crippen molar-refractivity contribution in [2.24, 2.45) is 5.92 Å². The van der Waals surface area contributed by atoms with Crippen LogP contribution in [0.1, 0.15) is 57.9 Å². The third-order valence-electron chi connectivity index (χ3n) is 6.84. The molecule has 1 aromatic carbocycles. The number of aromatic nitrogens is 2.